The molecule has 0 fully saturated rings. The molecule has 178 valence electrons. The monoisotopic (exact) mass is 522 g/mol. The van der Waals surface area contributed by atoms with Crippen LogP contribution in [0.15, 0.2) is 53.6 Å². The number of anilines is 1. The highest BCUT2D eigenvalue weighted by atomic mass is 35.5. The lowest BCUT2D eigenvalue weighted by atomic mass is 10.0. The molecule has 4 rings (SSSR count). The summed E-state index contributed by atoms with van der Waals surface area (Å²) in [6.07, 6.45) is 3.06. The molecule has 0 amide bonds. The Hall–Kier alpha value is -2.81. The summed E-state index contributed by atoms with van der Waals surface area (Å²) in [5.41, 5.74) is 1.87. The highest BCUT2D eigenvalue weighted by molar-refractivity contribution is 7.93. The topological polar surface area (TPSA) is 68.7 Å². The fourth-order valence-corrected chi connectivity index (χ4v) is 5.80. The highest BCUT2D eigenvalue weighted by Gasteiger charge is 2.33. The van der Waals surface area contributed by atoms with E-state index < -0.39 is 15.8 Å². The maximum absolute atomic E-state index is 14.4. The third-order valence-electron chi connectivity index (χ3n) is 5.18. The van der Waals surface area contributed by atoms with Crippen molar-refractivity contribution in [1.29, 1.82) is 0 Å². The van der Waals surface area contributed by atoms with Gasteiger partial charge < -0.3 is 9.47 Å². The van der Waals surface area contributed by atoms with Crippen LogP contribution in [0.4, 0.5) is 10.1 Å². The van der Waals surface area contributed by atoms with Gasteiger partial charge in [0.15, 0.2) is 4.90 Å². The minimum absolute atomic E-state index is 0.0268. The number of pyridine rings is 1. The number of nitrogens with zero attached hydrogens (tertiary/aromatic N) is 2. The van der Waals surface area contributed by atoms with Gasteiger partial charge in [0, 0.05) is 11.8 Å². The van der Waals surface area contributed by atoms with Gasteiger partial charge in [0.05, 0.1) is 28.9 Å². The first kappa shape index (κ1) is 24.3. The van der Waals surface area contributed by atoms with Gasteiger partial charge in [0.1, 0.15) is 18.2 Å². The molecule has 3 aromatic rings. The molecule has 2 heterocycles. The smallest absolute Gasteiger partial charge is 0.270 e. The molecule has 0 radical (unpaired) electrons. The summed E-state index contributed by atoms with van der Waals surface area (Å²) in [7, 11) is -4.08. The average Bonchev–Trinajstić information content (AvgIpc) is 2.79. The van der Waals surface area contributed by atoms with E-state index in [1.165, 1.54) is 28.7 Å². The second kappa shape index (κ2) is 9.82. The van der Waals surface area contributed by atoms with Crippen molar-refractivity contribution in [2.75, 3.05) is 24.1 Å². The minimum atomic E-state index is -4.08. The normalized spacial score (nSPS) is 13.9. The molecule has 10 heteroatoms. The van der Waals surface area contributed by atoms with Crippen LogP contribution in [-0.2, 0) is 10.0 Å². The lowest BCUT2D eigenvalue weighted by Gasteiger charge is -2.31. The van der Waals surface area contributed by atoms with Gasteiger partial charge in [-0.25, -0.2) is 17.8 Å². The SMILES string of the molecule is CCOc1ncc(Cl)cc1S(=O)(=O)N1CCOc2ccc(/C=C(\C)c3c(F)cccc3Cl)cc21. The number of fused-ring (bicyclic) bond motifs is 1. The van der Waals surface area contributed by atoms with E-state index in [9.17, 15) is 12.8 Å². The Bertz CT molecular complexity index is 1360. The molecule has 0 atom stereocenters. The molecule has 0 unspecified atom stereocenters. The molecule has 0 bridgehead atoms. The summed E-state index contributed by atoms with van der Waals surface area (Å²) in [5, 5.41) is 0.459. The van der Waals surface area contributed by atoms with Crippen LogP contribution >= 0.6 is 23.2 Å². The molecule has 0 N–H and O–H groups in total. The fourth-order valence-electron chi connectivity index (χ4n) is 3.70. The van der Waals surface area contributed by atoms with Crippen molar-refractivity contribution in [3.8, 4) is 11.6 Å². The van der Waals surface area contributed by atoms with E-state index in [2.05, 4.69) is 4.98 Å². The molecule has 34 heavy (non-hydrogen) atoms. The molecule has 0 aliphatic carbocycles. The zero-order chi connectivity index (χ0) is 24.5. The quantitative estimate of drug-likeness (QED) is 0.367. The van der Waals surface area contributed by atoms with E-state index in [1.807, 2.05) is 0 Å². The summed E-state index contributed by atoms with van der Waals surface area (Å²) < 4.78 is 54.0. The highest BCUT2D eigenvalue weighted by Crippen LogP contribution is 2.39. The van der Waals surface area contributed by atoms with Gasteiger partial charge in [-0.3, -0.25) is 4.31 Å². The molecular weight excluding hydrogens is 502 g/mol. The summed E-state index contributed by atoms with van der Waals surface area (Å²) in [4.78, 5) is 3.91. The summed E-state index contributed by atoms with van der Waals surface area (Å²) in [5.74, 6) is -0.0637. The van der Waals surface area contributed by atoms with Crippen LogP contribution in [-0.4, -0.2) is 33.2 Å². The molecule has 1 aromatic heterocycles. The number of halogens is 3. The number of hydrogen-bond acceptors (Lipinski definition) is 5. The Balaban J connectivity index is 1.79. The van der Waals surface area contributed by atoms with Crippen LogP contribution in [0.3, 0.4) is 0 Å². The van der Waals surface area contributed by atoms with E-state index in [-0.39, 0.29) is 46.1 Å². The molecule has 2 aromatic carbocycles. The molecule has 1 aliphatic heterocycles. The van der Waals surface area contributed by atoms with Crippen molar-refractivity contribution >= 4 is 50.6 Å². The number of hydrogen-bond donors (Lipinski definition) is 0. The van der Waals surface area contributed by atoms with Crippen LogP contribution < -0.4 is 13.8 Å². The Kier molecular flexibility index (Phi) is 7.02. The van der Waals surface area contributed by atoms with Gasteiger partial charge in [0.25, 0.3) is 10.0 Å². The first-order valence-electron chi connectivity index (χ1n) is 10.4. The molecule has 6 nitrogen and oxygen atoms in total. The van der Waals surface area contributed by atoms with Gasteiger partial charge >= 0.3 is 0 Å². The van der Waals surface area contributed by atoms with Crippen LogP contribution in [0.5, 0.6) is 11.6 Å². The number of benzene rings is 2. The van der Waals surface area contributed by atoms with E-state index in [4.69, 9.17) is 32.7 Å². The van der Waals surface area contributed by atoms with Crippen molar-refractivity contribution in [1.82, 2.24) is 4.98 Å². The second-order valence-electron chi connectivity index (χ2n) is 7.47. The Labute approximate surface area is 207 Å². The largest absolute Gasteiger partial charge is 0.489 e. The van der Waals surface area contributed by atoms with Crippen LogP contribution in [0.25, 0.3) is 11.6 Å². The summed E-state index contributed by atoms with van der Waals surface area (Å²) >= 11 is 12.2. The van der Waals surface area contributed by atoms with Crippen molar-refractivity contribution in [2.45, 2.75) is 18.7 Å². The third-order valence-corrected chi connectivity index (χ3v) is 7.51. The van der Waals surface area contributed by atoms with E-state index in [0.717, 1.165) is 0 Å². The van der Waals surface area contributed by atoms with Crippen molar-refractivity contribution in [2.24, 2.45) is 0 Å². The van der Waals surface area contributed by atoms with Crippen molar-refractivity contribution in [3.63, 3.8) is 0 Å². The van der Waals surface area contributed by atoms with Crippen LogP contribution in [0.2, 0.25) is 10.0 Å². The third kappa shape index (κ3) is 4.71. The zero-order valence-corrected chi connectivity index (χ0v) is 20.7. The Morgan fingerprint density at radius 1 is 1.26 bits per heavy atom. The molecule has 1 aliphatic rings. The molecule has 0 saturated carbocycles. The Morgan fingerprint density at radius 3 is 2.79 bits per heavy atom. The van der Waals surface area contributed by atoms with Gasteiger partial charge in [-0.05, 0) is 55.3 Å². The Morgan fingerprint density at radius 2 is 2.06 bits per heavy atom. The first-order chi connectivity index (χ1) is 16.2. The van der Waals surface area contributed by atoms with E-state index in [1.54, 1.807) is 44.2 Å². The van der Waals surface area contributed by atoms with Crippen LogP contribution in [0.1, 0.15) is 25.0 Å². The summed E-state index contributed by atoms with van der Waals surface area (Å²) in [6.45, 7) is 3.96. The van der Waals surface area contributed by atoms with Gasteiger partial charge in [0.2, 0.25) is 5.88 Å². The predicted molar refractivity (Wildman–Crippen MR) is 132 cm³/mol. The summed E-state index contributed by atoms with van der Waals surface area (Å²) in [6, 6.07) is 10.9. The van der Waals surface area contributed by atoms with E-state index in [0.29, 0.717) is 22.6 Å². The maximum Gasteiger partial charge on any atom is 0.270 e. The minimum Gasteiger partial charge on any atom is -0.489 e. The lowest BCUT2D eigenvalue weighted by Crippen LogP contribution is -2.38. The number of sulfonamides is 1. The van der Waals surface area contributed by atoms with Crippen molar-refractivity contribution in [3.05, 3.63) is 75.7 Å². The average molecular weight is 523 g/mol. The zero-order valence-electron chi connectivity index (χ0n) is 18.4. The predicted octanol–water partition coefficient (Wildman–Crippen LogP) is 6.07. The molecule has 0 saturated heterocycles. The standard InChI is InChI=1S/C24H21Cl2FN2O4S/c1-3-32-24-22(13-17(25)14-28-24)34(30,31)29-9-10-33-21-8-7-16(12-20(21)29)11-15(2)23-18(26)5-4-6-19(23)27/h4-8,11-14H,3,9-10H2,1-2H3/b15-11+. The number of aromatic nitrogens is 1. The van der Waals surface area contributed by atoms with Crippen LogP contribution in [0, 0.1) is 5.82 Å². The number of allylic oxidation sites excluding steroid dienone is 1. The van der Waals surface area contributed by atoms with E-state index >= 15 is 0 Å². The first-order valence-corrected chi connectivity index (χ1v) is 12.6. The fraction of sp³-hybridized carbons (Fsp3) is 0.208. The number of rotatable bonds is 6. The van der Waals surface area contributed by atoms with Crippen molar-refractivity contribution < 1.29 is 22.3 Å². The van der Waals surface area contributed by atoms with Gasteiger partial charge in [-0.15, -0.1) is 0 Å². The molecule has 0 spiro atoms. The second-order valence-corrected chi connectivity index (χ2v) is 10.1. The number of ether oxygens (including phenoxy) is 2. The van der Waals surface area contributed by atoms with Gasteiger partial charge in [-0.2, -0.15) is 0 Å². The molecular formula is C24H21Cl2FN2O4S. The maximum atomic E-state index is 14.4. The lowest BCUT2D eigenvalue weighted by molar-refractivity contribution is 0.312. The van der Waals surface area contributed by atoms with Gasteiger partial charge in [-0.1, -0.05) is 41.4 Å².